The second-order valence-electron chi connectivity index (χ2n) is 3.48. The highest BCUT2D eigenvalue weighted by Crippen LogP contribution is 2.27. The van der Waals surface area contributed by atoms with Crippen molar-refractivity contribution >= 4 is 38.6 Å². The number of nitro groups is 1. The van der Waals surface area contributed by atoms with Gasteiger partial charge in [0, 0.05) is 23.6 Å². The zero-order chi connectivity index (χ0) is 13.1. The predicted octanol–water partition coefficient (Wildman–Crippen LogP) is 4.17. The van der Waals surface area contributed by atoms with E-state index in [9.17, 15) is 14.5 Å². The van der Waals surface area contributed by atoms with Crippen molar-refractivity contribution in [2.45, 2.75) is 6.54 Å². The van der Waals surface area contributed by atoms with Crippen molar-refractivity contribution < 1.29 is 9.31 Å². The van der Waals surface area contributed by atoms with Gasteiger partial charge < -0.3 is 5.32 Å². The van der Waals surface area contributed by atoms with Gasteiger partial charge in [-0.05, 0) is 34.1 Å². The lowest BCUT2D eigenvalue weighted by Crippen LogP contribution is -2.01. The zero-order valence-electron chi connectivity index (χ0n) is 9.02. The third-order valence-corrected chi connectivity index (χ3v) is 3.86. The molecule has 0 amide bonds. The minimum Gasteiger partial charge on any atom is -0.375 e. The number of benzene rings is 1. The van der Waals surface area contributed by atoms with Crippen LogP contribution in [0, 0.1) is 15.9 Å². The third kappa shape index (κ3) is 3.05. The molecule has 1 heterocycles. The topological polar surface area (TPSA) is 55.2 Å². The van der Waals surface area contributed by atoms with E-state index in [0.717, 1.165) is 26.9 Å². The van der Waals surface area contributed by atoms with Gasteiger partial charge in [0.25, 0.3) is 5.69 Å². The van der Waals surface area contributed by atoms with Crippen molar-refractivity contribution in [2.75, 3.05) is 5.32 Å². The van der Waals surface area contributed by atoms with Gasteiger partial charge in [0.2, 0.25) is 0 Å². The summed E-state index contributed by atoms with van der Waals surface area (Å²) in [6.45, 7) is 0.417. The molecular weight excluding hydrogens is 323 g/mol. The number of rotatable bonds is 4. The van der Waals surface area contributed by atoms with E-state index in [1.54, 1.807) is 0 Å². The van der Waals surface area contributed by atoms with Crippen LogP contribution < -0.4 is 5.32 Å². The molecule has 4 nitrogen and oxygen atoms in total. The molecule has 7 heteroatoms. The molecular formula is C11H8BrFN2O2S. The monoisotopic (exact) mass is 330 g/mol. The summed E-state index contributed by atoms with van der Waals surface area (Å²) in [7, 11) is 0. The fourth-order valence-corrected chi connectivity index (χ4v) is 2.86. The van der Waals surface area contributed by atoms with Crippen LogP contribution >= 0.6 is 27.3 Å². The fraction of sp³-hybridized carbons (Fsp3) is 0.0909. The molecule has 0 bridgehead atoms. The maximum atomic E-state index is 13.1. The Labute approximate surface area is 115 Å². The van der Waals surface area contributed by atoms with Gasteiger partial charge in [-0.15, -0.1) is 11.3 Å². The molecule has 0 atom stereocenters. The molecule has 0 saturated carbocycles. The third-order valence-electron chi connectivity index (χ3n) is 2.24. The first kappa shape index (κ1) is 13.0. The highest BCUT2D eigenvalue weighted by molar-refractivity contribution is 9.11. The molecule has 2 rings (SSSR count). The minimum absolute atomic E-state index is 0.132. The predicted molar refractivity (Wildman–Crippen MR) is 72.4 cm³/mol. The zero-order valence-corrected chi connectivity index (χ0v) is 11.4. The van der Waals surface area contributed by atoms with E-state index in [2.05, 4.69) is 21.2 Å². The van der Waals surface area contributed by atoms with Crippen LogP contribution in [-0.2, 0) is 6.54 Å². The van der Waals surface area contributed by atoms with Crippen molar-refractivity contribution in [3.05, 3.63) is 54.9 Å². The van der Waals surface area contributed by atoms with Crippen LogP contribution in [0.25, 0.3) is 0 Å². The Hall–Kier alpha value is -1.47. The van der Waals surface area contributed by atoms with Gasteiger partial charge in [-0.25, -0.2) is 4.39 Å². The van der Waals surface area contributed by atoms with E-state index in [0.29, 0.717) is 6.54 Å². The Kier molecular flexibility index (Phi) is 3.93. The molecule has 0 fully saturated rings. The molecule has 1 N–H and O–H groups in total. The van der Waals surface area contributed by atoms with Gasteiger partial charge in [-0.2, -0.15) is 0 Å². The van der Waals surface area contributed by atoms with Gasteiger partial charge in [0.1, 0.15) is 11.5 Å². The molecule has 0 aliphatic heterocycles. The maximum Gasteiger partial charge on any atom is 0.292 e. The first-order valence-corrected chi connectivity index (χ1v) is 6.59. The van der Waals surface area contributed by atoms with Crippen LogP contribution in [0.1, 0.15) is 4.88 Å². The summed E-state index contributed by atoms with van der Waals surface area (Å²) in [6.07, 6.45) is 0. The van der Waals surface area contributed by atoms with Crippen LogP contribution in [0.2, 0.25) is 0 Å². The Bertz CT molecular complexity index is 588. The molecule has 0 unspecified atom stereocenters. The summed E-state index contributed by atoms with van der Waals surface area (Å²) in [5.74, 6) is -0.504. The second-order valence-corrected chi connectivity index (χ2v) is 6.03. The van der Waals surface area contributed by atoms with Gasteiger partial charge >= 0.3 is 0 Å². The molecule has 94 valence electrons. The number of halogens is 2. The molecule has 1 aromatic carbocycles. The van der Waals surface area contributed by atoms with E-state index < -0.39 is 10.7 Å². The first-order valence-electron chi connectivity index (χ1n) is 4.98. The molecule has 0 saturated heterocycles. The number of nitro benzene ring substituents is 1. The van der Waals surface area contributed by atoms with Crippen molar-refractivity contribution in [2.24, 2.45) is 0 Å². The highest BCUT2D eigenvalue weighted by atomic mass is 79.9. The van der Waals surface area contributed by atoms with Crippen molar-refractivity contribution in [1.82, 2.24) is 0 Å². The molecule has 1 aromatic heterocycles. The SMILES string of the molecule is O=[N+]([O-])c1ccc(F)cc1NCc1ccc(Br)s1. The van der Waals surface area contributed by atoms with Gasteiger partial charge in [0.15, 0.2) is 0 Å². The molecule has 2 aromatic rings. The number of nitrogens with zero attached hydrogens (tertiary/aromatic N) is 1. The molecule has 0 spiro atoms. The summed E-state index contributed by atoms with van der Waals surface area (Å²) in [4.78, 5) is 11.3. The van der Waals surface area contributed by atoms with E-state index in [4.69, 9.17) is 0 Å². The smallest absolute Gasteiger partial charge is 0.292 e. The Balaban J connectivity index is 2.17. The lowest BCUT2D eigenvalue weighted by atomic mass is 10.2. The van der Waals surface area contributed by atoms with E-state index in [1.165, 1.54) is 11.3 Å². The quantitative estimate of drug-likeness (QED) is 0.676. The molecule has 0 aliphatic carbocycles. The van der Waals surface area contributed by atoms with Crippen LogP contribution in [-0.4, -0.2) is 4.92 Å². The highest BCUT2D eigenvalue weighted by Gasteiger charge is 2.14. The van der Waals surface area contributed by atoms with E-state index in [-0.39, 0.29) is 11.4 Å². The summed E-state index contributed by atoms with van der Waals surface area (Å²) >= 11 is 4.85. The van der Waals surface area contributed by atoms with Crippen LogP contribution in [0.3, 0.4) is 0 Å². The average Bonchev–Trinajstić information content (AvgIpc) is 2.72. The molecule has 0 aliphatic rings. The number of hydrogen-bond donors (Lipinski definition) is 1. The number of anilines is 1. The van der Waals surface area contributed by atoms with Gasteiger partial charge in [-0.3, -0.25) is 10.1 Å². The normalized spacial score (nSPS) is 10.3. The maximum absolute atomic E-state index is 13.1. The van der Waals surface area contributed by atoms with Gasteiger partial charge in [0.05, 0.1) is 8.71 Å². The van der Waals surface area contributed by atoms with Crippen LogP contribution in [0.5, 0.6) is 0 Å². The lowest BCUT2D eigenvalue weighted by Gasteiger charge is -2.05. The minimum atomic E-state index is -0.536. The van der Waals surface area contributed by atoms with Gasteiger partial charge in [-0.1, -0.05) is 0 Å². The summed E-state index contributed by atoms with van der Waals surface area (Å²) in [5, 5.41) is 13.7. The van der Waals surface area contributed by atoms with Crippen molar-refractivity contribution in [1.29, 1.82) is 0 Å². The summed E-state index contributed by atoms with van der Waals surface area (Å²) in [5.41, 5.74) is 0.0524. The average molecular weight is 331 g/mol. The van der Waals surface area contributed by atoms with Crippen LogP contribution in [0.4, 0.5) is 15.8 Å². The molecule has 0 radical (unpaired) electrons. The summed E-state index contributed by atoms with van der Waals surface area (Å²) < 4.78 is 14.1. The standard InChI is InChI=1S/C11H8BrFN2O2S/c12-11-4-2-8(18-11)6-14-9-5-7(13)1-3-10(9)15(16)17/h1-5,14H,6H2. The lowest BCUT2D eigenvalue weighted by molar-refractivity contribution is -0.384. The second kappa shape index (κ2) is 5.45. The Morgan fingerprint density at radius 1 is 1.39 bits per heavy atom. The fourth-order valence-electron chi connectivity index (χ4n) is 1.44. The van der Waals surface area contributed by atoms with Crippen LogP contribution in [0.15, 0.2) is 34.1 Å². The Morgan fingerprint density at radius 2 is 2.17 bits per heavy atom. The Morgan fingerprint density at radius 3 is 2.78 bits per heavy atom. The van der Waals surface area contributed by atoms with Crippen molar-refractivity contribution in [3.8, 4) is 0 Å². The molecule has 18 heavy (non-hydrogen) atoms. The summed E-state index contributed by atoms with van der Waals surface area (Å²) in [6, 6.07) is 7.14. The van der Waals surface area contributed by atoms with E-state index in [1.807, 2.05) is 12.1 Å². The van der Waals surface area contributed by atoms with E-state index >= 15 is 0 Å². The number of hydrogen-bond acceptors (Lipinski definition) is 4. The number of thiophene rings is 1. The number of nitrogens with one attached hydrogen (secondary N) is 1. The largest absolute Gasteiger partial charge is 0.375 e. The first-order chi connectivity index (χ1) is 8.56. The van der Waals surface area contributed by atoms with Crippen molar-refractivity contribution in [3.63, 3.8) is 0 Å².